The lowest BCUT2D eigenvalue weighted by atomic mass is 10.2. The van der Waals surface area contributed by atoms with E-state index in [1.54, 1.807) is 29.8 Å². The number of nitrogens with one attached hydrogen (secondary N) is 2. The summed E-state index contributed by atoms with van der Waals surface area (Å²) in [5, 5.41) is 11.1. The number of ether oxygens (including phenoxy) is 1. The highest BCUT2D eigenvalue weighted by molar-refractivity contribution is 7.99. The Labute approximate surface area is 163 Å². The van der Waals surface area contributed by atoms with Crippen molar-refractivity contribution in [2.75, 3.05) is 12.4 Å². The number of hydrogen-bond donors (Lipinski definition) is 2. The van der Waals surface area contributed by atoms with Gasteiger partial charge in [0.2, 0.25) is 5.91 Å². The molecule has 0 fully saturated rings. The normalized spacial score (nSPS) is 11.1. The van der Waals surface area contributed by atoms with Crippen molar-refractivity contribution >= 4 is 39.9 Å². The molecule has 8 nitrogen and oxygen atoms in total. The number of carbonyl (C=O) groups excluding carboxylic acids is 1. The molecule has 0 spiro atoms. The summed E-state index contributed by atoms with van der Waals surface area (Å²) in [5.74, 6) is 0.518. The van der Waals surface area contributed by atoms with Crippen LogP contribution in [0, 0.1) is 6.92 Å². The summed E-state index contributed by atoms with van der Waals surface area (Å²) in [6, 6.07) is 10.8. The van der Waals surface area contributed by atoms with Crippen LogP contribution in [0.15, 0.2) is 51.1 Å². The number of fused-ring (bicyclic) bond motifs is 3. The Morgan fingerprint density at radius 1 is 1.25 bits per heavy atom. The number of hydrogen-bond acceptors (Lipinski definition) is 6. The number of aromatic nitrogens is 4. The number of aromatic amines is 1. The Balaban J connectivity index is 1.78. The van der Waals surface area contributed by atoms with E-state index < -0.39 is 0 Å². The van der Waals surface area contributed by atoms with Gasteiger partial charge in [0.05, 0.1) is 18.0 Å². The molecule has 2 heterocycles. The van der Waals surface area contributed by atoms with Crippen molar-refractivity contribution in [3.63, 3.8) is 0 Å². The van der Waals surface area contributed by atoms with E-state index in [0.717, 1.165) is 16.1 Å². The molecule has 2 N–H and O–H groups in total. The van der Waals surface area contributed by atoms with Crippen molar-refractivity contribution in [3.05, 3.63) is 52.3 Å². The molecule has 0 aliphatic heterocycles. The highest BCUT2D eigenvalue weighted by Gasteiger charge is 2.15. The molecule has 0 saturated carbocycles. The van der Waals surface area contributed by atoms with Crippen LogP contribution in [-0.2, 0) is 4.79 Å². The molecule has 9 heteroatoms. The second kappa shape index (κ2) is 7.01. The summed E-state index contributed by atoms with van der Waals surface area (Å²) < 4.78 is 6.93. The highest BCUT2D eigenvalue weighted by Crippen LogP contribution is 2.32. The molecule has 4 rings (SSSR count). The number of amides is 1. The number of nitrogens with zero attached hydrogens (tertiary/aromatic N) is 3. The number of carbonyl (C=O) groups is 1. The Kier molecular flexibility index (Phi) is 4.52. The van der Waals surface area contributed by atoms with Crippen molar-refractivity contribution < 1.29 is 9.53 Å². The minimum Gasteiger partial charge on any atom is -0.497 e. The van der Waals surface area contributed by atoms with E-state index in [9.17, 15) is 9.59 Å². The van der Waals surface area contributed by atoms with Crippen LogP contribution in [0.1, 0.15) is 12.5 Å². The third kappa shape index (κ3) is 3.20. The van der Waals surface area contributed by atoms with Crippen LogP contribution in [0.3, 0.4) is 0 Å². The largest absolute Gasteiger partial charge is 0.497 e. The third-order valence-electron chi connectivity index (χ3n) is 4.24. The van der Waals surface area contributed by atoms with Crippen molar-refractivity contribution in [2.24, 2.45) is 0 Å². The molecule has 0 aliphatic carbocycles. The predicted octanol–water partition coefficient (Wildman–Crippen LogP) is 3.00. The number of benzene rings is 2. The van der Waals surface area contributed by atoms with E-state index in [1.165, 1.54) is 18.7 Å². The average Bonchev–Trinajstić information content (AvgIpc) is 3.06. The fraction of sp³-hybridized carbons (Fsp3) is 0.158. The van der Waals surface area contributed by atoms with E-state index in [-0.39, 0.29) is 11.5 Å². The van der Waals surface area contributed by atoms with Gasteiger partial charge in [-0.15, -0.1) is 5.10 Å². The quantitative estimate of drug-likeness (QED) is 0.551. The van der Waals surface area contributed by atoms with E-state index in [0.29, 0.717) is 27.3 Å². The molecule has 2 aromatic carbocycles. The number of methoxy groups -OCH3 is 1. The van der Waals surface area contributed by atoms with Crippen molar-refractivity contribution in [3.8, 4) is 5.75 Å². The van der Waals surface area contributed by atoms with Gasteiger partial charge in [-0.25, -0.2) is 9.73 Å². The fourth-order valence-corrected chi connectivity index (χ4v) is 3.81. The maximum atomic E-state index is 12.5. The van der Waals surface area contributed by atoms with Crippen LogP contribution in [0.2, 0.25) is 0 Å². The van der Waals surface area contributed by atoms with Crippen LogP contribution in [-0.4, -0.2) is 32.8 Å². The van der Waals surface area contributed by atoms with Crippen molar-refractivity contribution in [1.29, 1.82) is 0 Å². The van der Waals surface area contributed by atoms with E-state index in [2.05, 4.69) is 20.6 Å². The predicted molar refractivity (Wildman–Crippen MR) is 107 cm³/mol. The molecular weight excluding hydrogens is 378 g/mol. The van der Waals surface area contributed by atoms with Gasteiger partial charge < -0.3 is 10.1 Å². The lowest BCUT2D eigenvalue weighted by Gasteiger charge is -2.07. The molecule has 0 unspecified atom stereocenters. The van der Waals surface area contributed by atoms with Gasteiger partial charge in [-0.2, -0.15) is 4.98 Å². The Morgan fingerprint density at radius 3 is 2.79 bits per heavy atom. The minimum atomic E-state index is -0.321. The first-order valence-electron chi connectivity index (χ1n) is 8.47. The van der Waals surface area contributed by atoms with Gasteiger partial charge in [0.25, 0.3) is 5.56 Å². The van der Waals surface area contributed by atoms with E-state index in [1.807, 2.05) is 25.1 Å². The standard InChI is InChI=1S/C19H17N5O3S/c1-10-8-12(20-11(2)25)4-7-16(10)28-19-17-21-18(26)14-6-5-13(27-3)9-15(14)24(17)23-22-19/h4-9,23H,1-3H3,(H,20,25). The Morgan fingerprint density at radius 2 is 2.07 bits per heavy atom. The minimum absolute atomic E-state index is 0.121. The van der Waals surface area contributed by atoms with Crippen LogP contribution >= 0.6 is 11.8 Å². The smallest absolute Gasteiger partial charge is 0.281 e. The molecule has 4 aromatic rings. The second-order valence-corrected chi connectivity index (χ2v) is 7.27. The first kappa shape index (κ1) is 18.1. The van der Waals surface area contributed by atoms with E-state index in [4.69, 9.17) is 4.74 Å². The van der Waals surface area contributed by atoms with Gasteiger partial charge in [0.1, 0.15) is 5.75 Å². The second-order valence-electron chi connectivity index (χ2n) is 6.24. The van der Waals surface area contributed by atoms with Crippen molar-refractivity contribution in [1.82, 2.24) is 19.8 Å². The highest BCUT2D eigenvalue weighted by atomic mass is 32.2. The molecule has 1 amide bonds. The first-order valence-corrected chi connectivity index (χ1v) is 9.29. The molecular formula is C19H17N5O3S. The summed E-state index contributed by atoms with van der Waals surface area (Å²) in [6.07, 6.45) is 0. The number of anilines is 1. The molecule has 0 aliphatic rings. The van der Waals surface area contributed by atoms with Crippen LogP contribution in [0.25, 0.3) is 16.6 Å². The van der Waals surface area contributed by atoms with Crippen LogP contribution in [0.5, 0.6) is 5.75 Å². The van der Waals surface area contributed by atoms with Gasteiger partial charge in [0, 0.05) is 23.6 Å². The summed E-state index contributed by atoms with van der Waals surface area (Å²) >= 11 is 1.40. The molecule has 0 bridgehead atoms. The summed E-state index contributed by atoms with van der Waals surface area (Å²) in [5.41, 5.74) is 2.47. The summed E-state index contributed by atoms with van der Waals surface area (Å²) in [7, 11) is 1.57. The van der Waals surface area contributed by atoms with Gasteiger partial charge in [0.15, 0.2) is 10.7 Å². The van der Waals surface area contributed by atoms with Gasteiger partial charge in [-0.3, -0.25) is 9.59 Å². The number of aryl methyl sites for hydroxylation is 1. The van der Waals surface area contributed by atoms with Gasteiger partial charge in [-0.1, -0.05) is 11.8 Å². The third-order valence-corrected chi connectivity index (χ3v) is 5.39. The molecule has 0 saturated heterocycles. The fourth-order valence-electron chi connectivity index (χ4n) is 2.93. The number of rotatable bonds is 4. The van der Waals surface area contributed by atoms with Crippen LogP contribution in [0.4, 0.5) is 5.69 Å². The molecule has 28 heavy (non-hydrogen) atoms. The Bertz CT molecular complexity index is 1280. The Hall–Kier alpha value is -3.33. The SMILES string of the molecule is COc1ccc2c(=O)nc3c(Sc4ccc(NC(C)=O)cc4C)n[nH]n3c2c1. The summed E-state index contributed by atoms with van der Waals surface area (Å²) in [4.78, 5) is 28.8. The molecule has 142 valence electrons. The molecule has 0 radical (unpaired) electrons. The monoisotopic (exact) mass is 395 g/mol. The zero-order valence-electron chi connectivity index (χ0n) is 15.4. The first-order chi connectivity index (χ1) is 13.5. The topological polar surface area (TPSA) is 101 Å². The average molecular weight is 395 g/mol. The van der Waals surface area contributed by atoms with Crippen molar-refractivity contribution in [2.45, 2.75) is 23.8 Å². The maximum absolute atomic E-state index is 12.5. The maximum Gasteiger partial charge on any atom is 0.281 e. The lowest BCUT2D eigenvalue weighted by molar-refractivity contribution is -0.114. The van der Waals surface area contributed by atoms with Gasteiger partial charge in [-0.05, 0) is 42.8 Å². The van der Waals surface area contributed by atoms with Crippen LogP contribution < -0.4 is 15.6 Å². The van der Waals surface area contributed by atoms with Gasteiger partial charge >= 0.3 is 0 Å². The number of H-pyrrole nitrogens is 1. The zero-order valence-corrected chi connectivity index (χ0v) is 16.3. The lowest BCUT2D eigenvalue weighted by Crippen LogP contribution is -2.10. The zero-order chi connectivity index (χ0) is 19.8. The summed E-state index contributed by atoms with van der Waals surface area (Å²) in [6.45, 7) is 3.42. The molecule has 0 atom stereocenters. The van der Waals surface area contributed by atoms with E-state index >= 15 is 0 Å². The molecule has 2 aromatic heterocycles.